The van der Waals surface area contributed by atoms with Gasteiger partial charge in [-0.05, 0) is 67.7 Å². The van der Waals surface area contributed by atoms with Gasteiger partial charge < -0.3 is 19.7 Å². The first-order valence-corrected chi connectivity index (χ1v) is 9.94. The zero-order valence-corrected chi connectivity index (χ0v) is 17.2. The number of aromatic nitrogens is 2. The van der Waals surface area contributed by atoms with E-state index < -0.39 is 0 Å². The topological polar surface area (TPSA) is 36.3 Å². The molecular formula is C22H25N5S. The van der Waals surface area contributed by atoms with Gasteiger partial charge in [0, 0.05) is 50.1 Å². The molecule has 28 heavy (non-hydrogen) atoms. The maximum absolute atomic E-state index is 5.78. The fourth-order valence-electron chi connectivity index (χ4n) is 3.83. The molecule has 0 saturated carbocycles. The van der Waals surface area contributed by atoms with Crippen LogP contribution in [0.3, 0.4) is 0 Å². The predicted octanol–water partition coefficient (Wildman–Crippen LogP) is 4.15. The minimum Gasteiger partial charge on any atom is -0.378 e. The quantitative estimate of drug-likeness (QED) is 0.662. The lowest BCUT2D eigenvalue weighted by molar-refractivity contribution is 0.529. The number of hydrogen-bond donors (Lipinski definition) is 1. The van der Waals surface area contributed by atoms with Crippen LogP contribution >= 0.6 is 12.2 Å². The number of benzene rings is 1. The monoisotopic (exact) mass is 391 g/mol. The second-order valence-corrected chi connectivity index (χ2v) is 7.51. The maximum atomic E-state index is 5.78. The first-order chi connectivity index (χ1) is 13.6. The van der Waals surface area contributed by atoms with Gasteiger partial charge in [-0.25, -0.2) is 0 Å². The summed E-state index contributed by atoms with van der Waals surface area (Å²) in [7, 11) is 4.09. The Kier molecular flexibility index (Phi) is 5.05. The van der Waals surface area contributed by atoms with Crippen molar-refractivity contribution in [3.05, 3.63) is 78.4 Å². The van der Waals surface area contributed by atoms with Crippen LogP contribution in [0.2, 0.25) is 0 Å². The number of pyridine rings is 1. The molecule has 144 valence electrons. The summed E-state index contributed by atoms with van der Waals surface area (Å²) in [6.45, 7) is 3.07. The molecule has 2 aromatic heterocycles. The molecule has 1 saturated heterocycles. The van der Waals surface area contributed by atoms with Crippen LogP contribution in [-0.2, 0) is 6.54 Å². The van der Waals surface area contributed by atoms with Crippen molar-refractivity contribution in [2.45, 2.75) is 25.6 Å². The van der Waals surface area contributed by atoms with E-state index in [-0.39, 0.29) is 12.1 Å². The van der Waals surface area contributed by atoms with Gasteiger partial charge in [0.15, 0.2) is 5.11 Å². The van der Waals surface area contributed by atoms with E-state index in [4.69, 9.17) is 12.2 Å². The summed E-state index contributed by atoms with van der Waals surface area (Å²) in [5.41, 5.74) is 4.46. The molecule has 1 aromatic carbocycles. The molecule has 0 aliphatic carbocycles. The molecule has 3 heterocycles. The first kappa shape index (κ1) is 18.5. The summed E-state index contributed by atoms with van der Waals surface area (Å²) in [5.74, 6) is 0. The first-order valence-electron chi connectivity index (χ1n) is 9.53. The van der Waals surface area contributed by atoms with E-state index in [2.05, 4.69) is 80.3 Å². The second-order valence-electron chi connectivity index (χ2n) is 7.13. The van der Waals surface area contributed by atoms with Crippen molar-refractivity contribution in [1.29, 1.82) is 0 Å². The van der Waals surface area contributed by atoms with E-state index in [9.17, 15) is 0 Å². The molecular weight excluding hydrogens is 366 g/mol. The Balaban J connectivity index is 1.80. The maximum Gasteiger partial charge on any atom is 0.174 e. The van der Waals surface area contributed by atoms with Crippen LogP contribution < -0.4 is 15.1 Å². The van der Waals surface area contributed by atoms with Crippen LogP contribution in [0.5, 0.6) is 0 Å². The van der Waals surface area contributed by atoms with Crippen LogP contribution in [0.4, 0.5) is 11.4 Å². The lowest BCUT2D eigenvalue weighted by Crippen LogP contribution is -2.30. The third-order valence-corrected chi connectivity index (χ3v) is 5.57. The smallest absolute Gasteiger partial charge is 0.174 e. The highest BCUT2D eigenvalue weighted by Gasteiger charge is 2.41. The largest absolute Gasteiger partial charge is 0.378 e. The van der Waals surface area contributed by atoms with Crippen LogP contribution in [0, 0.1) is 0 Å². The van der Waals surface area contributed by atoms with Gasteiger partial charge in [0.25, 0.3) is 0 Å². The number of anilines is 2. The van der Waals surface area contributed by atoms with Gasteiger partial charge in [-0.15, -0.1) is 0 Å². The molecule has 0 amide bonds. The molecule has 5 nitrogen and oxygen atoms in total. The van der Waals surface area contributed by atoms with Crippen molar-refractivity contribution in [3.8, 4) is 0 Å². The third kappa shape index (κ3) is 3.24. The van der Waals surface area contributed by atoms with Gasteiger partial charge in [0.2, 0.25) is 0 Å². The summed E-state index contributed by atoms with van der Waals surface area (Å²) < 4.78 is 2.28. The molecule has 0 spiro atoms. The van der Waals surface area contributed by atoms with E-state index in [0.29, 0.717) is 0 Å². The van der Waals surface area contributed by atoms with Crippen molar-refractivity contribution in [1.82, 2.24) is 14.9 Å². The summed E-state index contributed by atoms with van der Waals surface area (Å²) in [6.07, 6.45) is 3.96. The van der Waals surface area contributed by atoms with Crippen LogP contribution in [-0.4, -0.2) is 28.8 Å². The SMILES string of the molecule is CCn1cccc1C1C(c2ccccn2)NC(=S)N1c1ccc(N(C)C)cc1. The van der Waals surface area contributed by atoms with E-state index in [0.717, 1.165) is 28.7 Å². The fourth-order valence-corrected chi connectivity index (χ4v) is 4.17. The number of rotatable bonds is 5. The Morgan fingerprint density at radius 2 is 1.86 bits per heavy atom. The number of thiocarbonyl (C=S) groups is 1. The summed E-state index contributed by atoms with van der Waals surface area (Å²) in [4.78, 5) is 8.93. The molecule has 1 fully saturated rings. The van der Waals surface area contributed by atoms with Gasteiger partial charge in [0.05, 0.1) is 11.7 Å². The fraction of sp³-hybridized carbons (Fsp3) is 0.273. The van der Waals surface area contributed by atoms with Crippen molar-refractivity contribution >= 4 is 28.7 Å². The van der Waals surface area contributed by atoms with Gasteiger partial charge in [-0.3, -0.25) is 4.98 Å². The number of hydrogen-bond acceptors (Lipinski definition) is 3. The third-order valence-electron chi connectivity index (χ3n) is 5.25. The molecule has 1 aliphatic rings. The predicted molar refractivity (Wildman–Crippen MR) is 119 cm³/mol. The Bertz CT molecular complexity index is 949. The van der Waals surface area contributed by atoms with Crippen molar-refractivity contribution in [3.63, 3.8) is 0 Å². The molecule has 3 aromatic rings. The molecule has 1 N–H and O–H groups in total. The lowest BCUT2D eigenvalue weighted by atomic mass is 10.0. The standard InChI is InChI=1S/C22H25N5S/c1-4-26-15-7-9-19(26)21-20(18-8-5-6-14-23-18)24-22(28)27(21)17-12-10-16(11-13-17)25(2)3/h5-15,20-21H,4H2,1-3H3,(H,24,28). The zero-order chi connectivity index (χ0) is 19.7. The molecule has 1 aliphatic heterocycles. The molecule has 2 atom stereocenters. The van der Waals surface area contributed by atoms with Gasteiger partial charge >= 0.3 is 0 Å². The van der Waals surface area contributed by atoms with E-state index in [1.807, 2.05) is 32.4 Å². The number of nitrogens with one attached hydrogen (secondary N) is 1. The molecule has 6 heteroatoms. The molecule has 0 bridgehead atoms. The number of nitrogens with zero attached hydrogens (tertiary/aromatic N) is 4. The van der Waals surface area contributed by atoms with Crippen LogP contribution in [0.15, 0.2) is 67.0 Å². The second kappa shape index (κ2) is 7.64. The Morgan fingerprint density at radius 3 is 2.50 bits per heavy atom. The summed E-state index contributed by atoms with van der Waals surface area (Å²) in [5, 5.41) is 4.24. The summed E-state index contributed by atoms with van der Waals surface area (Å²) >= 11 is 5.78. The normalized spacial score (nSPS) is 19.0. The highest BCUT2D eigenvalue weighted by atomic mass is 32.1. The average Bonchev–Trinajstić information content (AvgIpc) is 3.32. The van der Waals surface area contributed by atoms with Crippen LogP contribution in [0.1, 0.15) is 30.4 Å². The van der Waals surface area contributed by atoms with Crippen molar-refractivity contribution < 1.29 is 0 Å². The Hall–Kier alpha value is -2.86. The van der Waals surface area contributed by atoms with E-state index in [1.165, 1.54) is 5.69 Å². The molecule has 0 radical (unpaired) electrons. The van der Waals surface area contributed by atoms with Crippen LogP contribution in [0.25, 0.3) is 0 Å². The van der Waals surface area contributed by atoms with E-state index >= 15 is 0 Å². The highest BCUT2D eigenvalue weighted by Crippen LogP contribution is 2.41. The van der Waals surface area contributed by atoms with Crippen molar-refractivity contribution in [2.24, 2.45) is 0 Å². The minimum atomic E-state index is -0.0116. The van der Waals surface area contributed by atoms with Gasteiger partial charge in [-0.2, -0.15) is 0 Å². The summed E-state index contributed by atoms with van der Waals surface area (Å²) in [6, 6.07) is 18.9. The van der Waals surface area contributed by atoms with Crippen molar-refractivity contribution in [2.75, 3.05) is 23.9 Å². The average molecular weight is 392 g/mol. The molecule has 4 rings (SSSR count). The Morgan fingerprint density at radius 1 is 1.07 bits per heavy atom. The van der Waals surface area contributed by atoms with Gasteiger partial charge in [0.1, 0.15) is 6.04 Å². The highest BCUT2D eigenvalue weighted by molar-refractivity contribution is 7.80. The minimum absolute atomic E-state index is 0.0116. The lowest BCUT2D eigenvalue weighted by Gasteiger charge is -2.29. The van der Waals surface area contributed by atoms with E-state index in [1.54, 1.807) is 0 Å². The number of aryl methyl sites for hydroxylation is 1. The Labute approximate surface area is 171 Å². The van der Waals surface area contributed by atoms with Gasteiger partial charge in [-0.1, -0.05) is 6.07 Å². The zero-order valence-electron chi connectivity index (χ0n) is 16.4. The molecule has 2 unspecified atom stereocenters.